The number of piperidine rings is 1. The fourth-order valence-corrected chi connectivity index (χ4v) is 4.35. The van der Waals surface area contributed by atoms with Gasteiger partial charge in [0.15, 0.2) is 0 Å². The van der Waals surface area contributed by atoms with Crippen molar-refractivity contribution in [2.75, 3.05) is 26.2 Å². The van der Waals surface area contributed by atoms with Crippen molar-refractivity contribution in [1.29, 1.82) is 0 Å². The van der Waals surface area contributed by atoms with Gasteiger partial charge in [0.25, 0.3) is 0 Å². The van der Waals surface area contributed by atoms with Crippen LogP contribution in [0, 0.1) is 5.92 Å². The summed E-state index contributed by atoms with van der Waals surface area (Å²) in [4.78, 5) is 14.1. The molecule has 0 radical (unpaired) electrons. The van der Waals surface area contributed by atoms with Gasteiger partial charge in [0.2, 0.25) is 5.91 Å². The number of allylic oxidation sites excluding steroid dienone is 6. The summed E-state index contributed by atoms with van der Waals surface area (Å²) >= 11 is 0. The first kappa shape index (κ1) is 18.5. The predicted octanol–water partition coefficient (Wildman–Crippen LogP) is 3.65. The molecular weight excluding hydrogens is 336 g/mol. The van der Waals surface area contributed by atoms with Crippen LogP contribution in [0.1, 0.15) is 38.5 Å². The summed E-state index contributed by atoms with van der Waals surface area (Å²) in [6.07, 6.45) is 21.2. The number of carbonyl (C=O) groups excluding carboxylic acids is 1. The van der Waals surface area contributed by atoms with E-state index in [0.29, 0.717) is 12.3 Å². The quantitative estimate of drug-likeness (QED) is 0.730. The zero-order valence-corrected chi connectivity index (χ0v) is 16.0. The molecule has 0 saturated carbocycles. The molecule has 4 aliphatic rings. The molecule has 2 aliphatic carbocycles. The third-order valence-corrected chi connectivity index (χ3v) is 5.94. The molecule has 1 amide bonds. The van der Waals surface area contributed by atoms with Crippen LogP contribution in [0.25, 0.3) is 0 Å². The number of unbranched alkanes of at least 4 members (excludes halogenated alkanes) is 1. The topological polar surface area (TPSA) is 41.6 Å². The summed E-state index contributed by atoms with van der Waals surface area (Å²) in [5.41, 5.74) is 3.92. The number of nitrogens with zero attached hydrogens (tertiary/aromatic N) is 1. The van der Waals surface area contributed by atoms with E-state index >= 15 is 0 Å². The predicted molar refractivity (Wildman–Crippen MR) is 108 cm³/mol. The van der Waals surface area contributed by atoms with Crippen LogP contribution >= 0.6 is 0 Å². The van der Waals surface area contributed by atoms with Gasteiger partial charge in [0, 0.05) is 44.2 Å². The summed E-state index contributed by atoms with van der Waals surface area (Å²) in [6.45, 7) is 4.26. The van der Waals surface area contributed by atoms with Crippen LogP contribution in [-0.2, 0) is 9.53 Å². The first-order valence-electron chi connectivity index (χ1n) is 10.4. The van der Waals surface area contributed by atoms with Gasteiger partial charge in [-0.25, -0.2) is 0 Å². The molecule has 1 N–H and O–H groups in total. The molecule has 144 valence electrons. The molecule has 1 fully saturated rings. The average molecular weight is 367 g/mol. The molecule has 27 heavy (non-hydrogen) atoms. The second kappa shape index (κ2) is 8.85. The zero-order chi connectivity index (χ0) is 18.5. The molecule has 0 spiro atoms. The Labute approximate surface area is 162 Å². The number of fused-ring (bicyclic) bond motifs is 1. The number of hydrogen-bond donors (Lipinski definition) is 1. The normalized spacial score (nSPS) is 27.7. The lowest BCUT2D eigenvalue weighted by Crippen LogP contribution is -2.36. The molecule has 4 rings (SSSR count). The van der Waals surface area contributed by atoms with Crippen LogP contribution in [0.2, 0.25) is 0 Å². The van der Waals surface area contributed by atoms with E-state index in [2.05, 4.69) is 52.7 Å². The largest absolute Gasteiger partial charge is 0.374 e. The minimum atomic E-state index is 0.105. The van der Waals surface area contributed by atoms with Crippen LogP contribution in [0.5, 0.6) is 0 Å². The third kappa shape index (κ3) is 4.88. The monoisotopic (exact) mass is 366 g/mol. The number of carbonyl (C=O) groups is 1. The van der Waals surface area contributed by atoms with Crippen molar-refractivity contribution >= 4 is 5.91 Å². The minimum absolute atomic E-state index is 0.105. The molecule has 2 heterocycles. The molecular formula is C23H30N2O2. The second-order valence-corrected chi connectivity index (χ2v) is 7.90. The molecule has 0 aromatic heterocycles. The molecule has 2 aliphatic heterocycles. The van der Waals surface area contributed by atoms with Crippen LogP contribution in [-0.4, -0.2) is 43.2 Å². The van der Waals surface area contributed by atoms with E-state index in [-0.39, 0.29) is 12.0 Å². The Morgan fingerprint density at radius 3 is 3.04 bits per heavy atom. The lowest BCUT2D eigenvalue weighted by atomic mass is 9.91. The molecule has 0 bridgehead atoms. The fraction of sp³-hybridized carbons (Fsp3) is 0.522. The number of likely N-dealkylation sites (tertiary alicyclic amines) is 1. The summed E-state index contributed by atoms with van der Waals surface area (Å²) < 4.78 is 6.04. The maximum atomic E-state index is 11.6. The summed E-state index contributed by atoms with van der Waals surface area (Å²) in [7, 11) is 0. The highest BCUT2D eigenvalue weighted by molar-refractivity contribution is 5.80. The van der Waals surface area contributed by atoms with Gasteiger partial charge < -0.3 is 15.0 Å². The van der Waals surface area contributed by atoms with E-state index in [4.69, 9.17) is 4.74 Å². The summed E-state index contributed by atoms with van der Waals surface area (Å²) in [6, 6.07) is 0. The number of amides is 1. The van der Waals surface area contributed by atoms with Crippen molar-refractivity contribution in [3.05, 3.63) is 59.4 Å². The Balaban J connectivity index is 1.13. The van der Waals surface area contributed by atoms with Gasteiger partial charge >= 0.3 is 0 Å². The standard InChI is InChI=1S/C23H30N2O2/c26-23-11-9-19-8-10-21(16-22(19)24-23)27-15-5-4-13-25-14-12-18-6-2-1-3-7-20(18)17-25/h1-3,6-8,10,20-21H,4-5,9,11-17H2,(H,24,26). The van der Waals surface area contributed by atoms with Gasteiger partial charge in [-0.1, -0.05) is 48.1 Å². The first-order chi connectivity index (χ1) is 13.3. The van der Waals surface area contributed by atoms with Crippen molar-refractivity contribution in [3.8, 4) is 0 Å². The molecule has 1 saturated heterocycles. The van der Waals surface area contributed by atoms with Crippen molar-refractivity contribution < 1.29 is 9.53 Å². The first-order valence-corrected chi connectivity index (χ1v) is 10.4. The maximum absolute atomic E-state index is 11.6. The maximum Gasteiger partial charge on any atom is 0.224 e. The highest BCUT2D eigenvalue weighted by atomic mass is 16.5. The SMILES string of the molecule is O=C1CCC2=C(CC(OCCCCN3CCC4=CC=CC=CC4C3)C=C2)N1. The van der Waals surface area contributed by atoms with Gasteiger partial charge in [-0.05, 0) is 37.8 Å². The summed E-state index contributed by atoms with van der Waals surface area (Å²) in [5, 5.41) is 3.01. The van der Waals surface area contributed by atoms with E-state index < -0.39 is 0 Å². The van der Waals surface area contributed by atoms with E-state index in [9.17, 15) is 4.79 Å². The molecule has 0 aromatic carbocycles. The lowest BCUT2D eigenvalue weighted by Gasteiger charge is -2.33. The number of rotatable bonds is 6. The summed E-state index contributed by atoms with van der Waals surface area (Å²) in [5.74, 6) is 0.729. The van der Waals surface area contributed by atoms with Crippen molar-refractivity contribution in [1.82, 2.24) is 10.2 Å². The van der Waals surface area contributed by atoms with E-state index in [0.717, 1.165) is 44.7 Å². The van der Waals surface area contributed by atoms with Gasteiger partial charge in [-0.2, -0.15) is 0 Å². The molecule has 4 nitrogen and oxygen atoms in total. The Bertz CT molecular complexity index is 714. The Kier molecular flexibility index (Phi) is 6.05. The molecule has 2 unspecified atom stereocenters. The van der Waals surface area contributed by atoms with Crippen LogP contribution in [0.3, 0.4) is 0 Å². The van der Waals surface area contributed by atoms with Crippen molar-refractivity contribution in [2.24, 2.45) is 5.92 Å². The Morgan fingerprint density at radius 2 is 2.07 bits per heavy atom. The molecule has 0 aromatic rings. The van der Waals surface area contributed by atoms with Crippen LogP contribution in [0.4, 0.5) is 0 Å². The second-order valence-electron chi connectivity index (χ2n) is 7.90. The molecule has 2 atom stereocenters. The lowest BCUT2D eigenvalue weighted by molar-refractivity contribution is -0.120. The van der Waals surface area contributed by atoms with Crippen molar-refractivity contribution in [3.63, 3.8) is 0 Å². The zero-order valence-electron chi connectivity index (χ0n) is 16.0. The van der Waals surface area contributed by atoms with Crippen LogP contribution < -0.4 is 5.32 Å². The smallest absolute Gasteiger partial charge is 0.224 e. The van der Waals surface area contributed by atoms with Gasteiger partial charge in [-0.15, -0.1) is 0 Å². The van der Waals surface area contributed by atoms with Gasteiger partial charge in [0.05, 0.1) is 6.10 Å². The van der Waals surface area contributed by atoms with E-state index in [1.807, 2.05) is 0 Å². The highest BCUT2D eigenvalue weighted by Crippen LogP contribution is 2.27. The van der Waals surface area contributed by atoms with Gasteiger partial charge in [-0.3, -0.25) is 4.79 Å². The third-order valence-electron chi connectivity index (χ3n) is 5.94. The fourth-order valence-electron chi connectivity index (χ4n) is 4.35. The van der Waals surface area contributed by atoms with Gasteiger partial charge in [0.1, 0.15) is 0 Å². The van der Waals surface area contributed by atoms with E-state index in [1.165, 1.54) is 25.0 Å². The number of ether oxygens (including phenoxy) is 1. The number of hydrogen-bond acceptors (Lipinski definition) is 3. The average Bonchev–Trinajstić information content (AvgIpc) is 2.92. The molecule has 4 heteroatoms. The highest BCUT2D eigenvalue weighted by Gasteiger charge is 2.23. The van der Waals surface area contributed by atoms with Crippen molar-refractivity contribution in [2.45, 2.75) is 44.6 Å². The number of nitrogens with one attached hydrogen (secondary N) is 1. The van der Waals surface area contributed by atoms with Crippen LogP contribution in [0.15, 0.2) is 59.4 Å². The van der Waals surface area contributed by atoms with E-state index in [1.54, 1.807) is 5.57 Å². The minimum Gasteiger partial charge on any atom is -0.374 e. The Morgan fingerprint density at radius 1 is 1.11 bits per heavy atom. The Hall–Kier alpha value is -1.91.